The zero-order valence-corrected chi connectivity index (χ0v) is 11.0. The molecule has 0 unspecified atom stereocenters. The van der Waals surface area contributed by atoms with Crippen LogP contribution in [0.1, 0.15) is 44.7 Å². The molecular weight excluding hydrogens is 194 g/mol. The Kier molecular flexibility index (Phi) is 3.07. The Hall–Kier alpha value is -0.820. The molecule has 0 N–H and O–H groups in total. The predicted molar refractivity (Wildman–Crippen MR) is 69.6 cm³/mol. The van der Waals surface area contributed by atoms with Crippen molar-refractivity contribution in [1.82, 2.24) is 4.90 Å². The normalized spacial score (nSPS) is 19.8. The van der Waals surface area contributed by atoms with Crippen LogP contribution in [-0.4, -0.2) is 18.0 Å². The first kappa shape index (κ1) is 11.7. The molecule has 1 aromatic rings. The minimum atomic E-state index is 0.540. The van der Waals surface area contributed by atoms with Crippen molar-refractivity contribution in [2.75, 3.05) is 13.1 Å². The number of hydrogen-bond donors (Lipinski definition) is 0. The van der Waals surface area contributed by atoms with Gasteiger partial charge in [0.1, 0.15) is 0 Å². The average Bonchev–Trinajstić information content (AvgIpc) is 2.15. The highest BCUT2D eigenvalue weighted by Gasteiger charge is 2.33. The van der Waals surface area contributed by atoms with Crippen molar-refractivity contribution in [1.29, 1.82) is 0 Å². The monoisotopic (exact) mass is 217 g/mol. The van der Waals surface area contributed by atoms with Crippen molar-refractivity contribution in [2.45, 2.75) is 40.2 Å². The lowest BCUT2D eigenvalue weighted by Crippen LogP contribution is -2.52. The molecule has 1 fully saturated rings. The molecular formula is C15H23N. The van der Waals surface area contributed by atoms with Crippen LogP contribution in [0.25, 0.3) is 0 Å². The number of likely N-dealkylation sites (tertiary alicyclic amines) is 1. The van der Waals surface area contributed by atoms with E-state index in [2.05, 4.69) is 56.9 Å². The Labute approximate surface area is 99.5 Å². The molecule has 0 aliphatic carbocycles. The van der Waals surface area contributed by atoms with Crippen molar-refractivity contribution in [3.63, 3.8) is 0 Å². The lowest BCUT2D eigenvalue weighted by Gasteiger charge is -2.46. The van der Waals surface area contributed by atoms with Crippen molar-refractivity contribution in [2.24, 2.45) is 5.41 Å². The lowest BCUT2D eigenvalue weighted by molar-refractivity contribution is 0.0242. The van der Waals surface area contributed by atoms with Gasteiger partial charge in [0.25, 0.3) is 0 Å². The zero-order chi connectivity index (χ0) is 11.8. The second-order valence-corrected chi connectivity index (χ2v) is 6.21. The molecule has 2 rings (SSSR count). The predicted octanol–water partition coefficient (Wildman–Crippen LogP) is 3.65. The van der Waals surface area contributed by atoms with Gasteiger partial charge in [0, 0.05) is 19.6 Å². The number of benzene rings is 1. The van der Waals surface area contributed by atoms with Crippen molar-refractivity contribution >= 4 is 0 Å². The molecule has 0 radical (unpaired) electrons. The van der Waals surface area contributed by atoms with Crippen molar-refractivity contribution in [3.05, 3.63) is 35.4 Å². The smallest absolute Gasteiger partial charge is 0.0234 e. The molecule has 1 aliphatic rings. The molecule has 0 bridgehead atoms. The van der Waals surface area contributed by atoms with E-state index in [1.165, 1.54) is 24.2 Å². The van der Waals surface area contributed by atoms with E-state index in [4.69, 9.17) is 0 Å². The highest BCUT2D eigenvalue weighted by molar-refractivity contribution is 5.24. The maximum atomic E-state index is 2.52. The molecule has 1 heterocycles. The summed E-state index contributed by atoms with van der Waals surface area (Å²) in [5.41, 5.74) is 3.42. The third-order valence-corrected chi connectivity index (χ3v) is 3.36. The lowest BCUT2D eigenvalue weighted by atomic mass is 9.84. The van der Waals surface area contributed by atoms with E-state index in [-0.39, 0.29) is 0 Å². The van der Waals surface area contributed by atoms with E-state index in [0.717, 1.165) is 6.54 Å². The Morgan fingerprint density at radius 1 is 1.12 bits per heavy atom. The molecule has 1 heteroatoms. The summed E-state index contributed by atoms with van der Waals surface area (Å²) in [5.74, 6) is 0.636. The van der Waals surface area contributed by atoms with Gasteiger partial charge in [-0.3, -0.25) is 4.90 Å². The number of rotatable bonds is 3. The van der Waals surface area contributed by atoms with Crippen molar-refractivity contribution in [3.8, 4) is 0 Å². The van der Waals surface area contributed by atoms with E-state index >= 15 is 0 Å². The zero-order valence-electron chi connectivity index (χ0n) is 11.0. The fourth-order valence-electron chi connectivity index (χ4n) is 2.54. The van der Waals surface area contributed by atoms with Gasteiger partial charge in [-0.25, -0.2) is 0 Å². The maximum absolute atomic E-state index is 2.52. The number of nitrogens with zero attached hydrogens (tertiary/aromatic N) is 1. The van der Waals surface area contributed by atoms with Crippen LogP contribution in [0.5, 0.6) is 0 Å². The van der Waals surface area contributed by atoms with E-state index in [0.29, 0.717) is 11.3 Å². The third kappa shape index (κ3) is 2.65. The van der Waals surface area contributed by atoms with Gasteiger partial charge in [0.15, 0.2) is 0 Å². The van der Waals surface area contributed by atoms with Crippen LogP contribution in [0.4, 0.5) is 0 Å². The van der Waals surface area contributed by atoms with Gasteiger partial charge < -0.3 is 0 Å². The summed E-state index contributed by atoms with van der Waals surface area (Å²) < 4.78 is 0. The van der Waals surface area contributed by atoms with E-state index in [1.807, 2.05) is 0 Å². The summed E-state index contributed by atoms with van der Waals surface area (Å²) in [7, 11) is 0. The van der Waals surface area contributed by atoms with Crippen LogP contribution in [0.3, 0.4) is 0 Å². The summed E-state index contributed by atoms with van der Waals surface area (Å²) in [6.07, 6.45) is 0. The minimum Gasteiger partial charge on any atom is -0.298 e. The van der Waals surface area contributed by atoms with Crippen LogP contribution in [0, 0.1) is 5.41 Å². The van der Waals surface area contributed by atoms with Crippen LogP contribution in [0.15, 0.2) is 24.3 Å². The van der Waals surface area contributed by atoms with Gasteiger partial charge in [-0.1, -0.05) is 52.0 Å². The molecule has 1 aromatic carbocycles. The summed E-state index contributed by atoms with van der Waals surface area (Å²) >= 11 is 0. The van der Waals surface area contributed by atoms with Gasteiger partial charge in [0.05, 0.1) is 0 Å². The molecule has 1 aliphatic heterocycles. The molecule has 0 spiro atoms. The largest absolute Gasteiger partial charge is 0.298 e. The maximum Gasteiger partial charge on any atom is 0.0234 e. The minimum absolute atomic E-state index is 0.540. The SMILES string of the molecule is CC(C)c1ccc(CN2CC(C)(C)C2)cc1. The Bertz CT molecular complexity index is 340. The number of hydrogen-bond acceptors (Lipinski definition) is 1. The summed E-state index contributed by atoms with van der Waals surface area (Å²) in [6, 6.07) is 9.09. The van der Waals surface area contributed by atoms with Crippen LogP contribution >= 0.6 is 0 Å². The first-order valence-corrected chi connectivity index (χ1v) is 6.27. The van der Waals surface area contributed by atoms with Crippen LogP contribution < -0.4 is 0 Å². The molecule has 0 amide bonds. The Morgan fingerprint density at radius 2 is 1.69 bits per heavy atom. The van der Waals surface area contributed by atoms with Crippen LogP contribution in [-0.2, 0) is 6.54 Å². The van der Waals surface area contributed by atoms with Gasteiger partial charge >= 0.3 is 0 Å². The summed E-state index contributed by atoms with van der Waals surface area (Å²) in [5, 5.41) is 0. The fourth-order valence-corrected chi connectivity index (χ4v) is 2.54. The van der Waals surface area contributed by atoms with Gasteiger partial charge in [-0.05, 0) is 22.5 Å². The second-order valence-electron chi connectivity index (χ2n) is 6.21. The van der Waals surface area contributed by atoms with E-state index in [9.17, 15) is 0 Å². The topological polar surface area (TPSA) is 3.24 Å². The van der Waals surface area contributed by atoms with E-state index < -0.39 is 0 Å². The summed E-state index contributed by atoms with van der Waals surface area (Å²) in [4.78, 5) is 2.52. The average molecular weight is 217 g/mol. The van der Waals surface area contributed by atoms with Crippen molar-refractivity contribution < 1.29 is 0 Å². The first-order valence-electron chi connectivity index (χ1n) is 6.27. The highest BCUT2D eigenvalue weighted by Crippen LogP contribution is 2.30. The van der Waals surface area contributed by atoms with Gasteiger partial charge in [-0.15, -0.1) is 0 Å². The third-order valence-electron chi connectivity index (χ3n) is 3.36. The first-order chi connectivity index (χ1) is 7.46. The molecule has 88 valence electrons. The quantitative estimate of drug-likeness (QED) is 0.747. The van der Waals surface area contributed by atoms with Crippen LogP contribution in [0.2, 0.25) is 0 Å². The molecule has 16 heavy (non-hydrogen) atoms. The standard InChI is InChI=1S/C15H23N/c1-12(2)14-7-5-13(6-8-14)9-16-10-15(3,4)11-16/h5-8,12H,9-11H2,1-4H3. The highest BCUT2D eigenvalue weighted by atomic mass is 15.2. The Balaban J connectivity index is 1.91. The molecule has 0 saturated carbocycles. The summed E-state index contributed by atoms with van der Waals surface area (Å²) in [6.45, 7) is 12.7. The second kappa shape index (κ2) is 4.21. The Morgan fingerprint density at radius 3 is 2.12 bits per heavy atom. The van der Waals surface area contributed by atoms with Gasteiger partial charge in [-0.2, -0.15) is 0 Å². The molecule has 1 nitrogen and oxygen atoms in total. The molecule has 0 atom stereocenters. The molecule has 1 saturated heterocycles. The fraction of sp³-hybridized carbons (Fsp3) is 0.600. The van der Waals surface area contributed by atoms with E-state index in [1.54, 1.807) is 0 Å². The van der Waals surface area contributed by atoms with Gasteiger partial charge in [0.2, 0.25) is 0 Å². The molecule has 0 aromatic heterocycles.